The quantitative estimate of drug-likeness (QED) is 0.724. The highest BCUT2D eigenvalue weighted by molar-refractivity contribution is 6.30. The second-order valence-electron chi connectivity index (χ2n) is 4.40. The third kappa shape index (κ3) is 4.27. The Hall–Kier alpha value is -2.94. The molecule has 0 fully saturated rings. The Morgan fingerprint density at radius 2 is 2.09 bits per heavy atom. The van der Waals surface area contributed by atoms with Crippen LogP contribution in [0.2, 0.25) is 5.02 Å². The molecule has 0 atom stereocenters. The molecule has 3 N–H and O–H groups in total. The van der Waals surface area contributed by atoms with Gasteiger partial charge >= 0.3 is 11.6 Å². The molecular weight excluding hydrogens is 328 g/mol. The van der Waals surface area contributed by atoms with Gasteiger partial charge in [0.2, 0.25) is 11.6 Å². The Kier molecular flexibility index (Phi) is 4.91. The minimum atomic E-state index is -0.975. The van der Waals surface area contributed by atoms with Gasteiger partial charge in [0.05, 0.1) is 0 Å². The van der Waals surface area contributed by atoms with Crippen LogP contribution in [0.15, 0.2) is 38.0 Å². The van der Waals surface area contributed by atoms with Gasteiger partial charge in [0, 0.05) is 5.02 Å². The highest BCUT2D eigenvalue weighted by Crippen LogP contribution is 2.21. The number of aromatic amines is 2. The van der Waals surface area contributed by atoms with Gasteiger partial charge in [-0.05, 0) is 30.7 Å². The number of rotatable bonds is 4. The molecule has 0 aliphatic carbocycles. The molecule has 120 valence electrons. The molecule has 0 radical (unpaired) electrons. The zero-order valence-corrected chi connectivity index (χ0v) is 12.5. The number of hydrogen-bond donors (Lipinski definition) is 3. The van der Waals surface area contributed by atoms with Crippen LogP contribution in [0, 0.1) is 6.92 Å². The predicted octanol–water partition coefficient (Wildman–Crippen LogP) is 1.42. The van der Waals surface area contributed by atoms with Crippen molar-refractivity contribution in [1.82, 2.24) is 9.97 Å². The Balaban J connectivity index is 2.05. The smallest absolute Gasteiger partial charge is 0.328 e. The molecule has 10 heteroatoms. The first-order valence-corrected chi connectivity index (χ1v) is 6.63. The van der Waals surface area contributed by atoms with E-state index < -0.39 is 35.3 Å². The molecule has 0 bridgehead atoms. The topological polar surface area (TPSA) is 137 Å². The van der Waals surface area contributed by atoms with Crippen LogP contribution in [0.3, 0.4) is 0 Å². The van der Waals surface area contributed by atoms with Crippen LogP contribution >= 0.6 is 11.6 Å². The van der Waals surface area contributed by atoms with E-state index in [0.29, 0.717) is 10.8 Å². The molecule has 1 aromatic heterocycles. The minimum Gasteiger partial charge on any atom is -0.493 e. The maximum Gasteiger partial charge on any atom is 0.328 e. The van der Waals surface area contributed by atoms with Crippen molar-refractivity contribution in [2.75, 3.05) is 6.61 Å². The van der Waals surface area contributed by atoms with E-state index in [9.17, 15) is 19.5 Å². The number of hydrogen-bond acceptors (Lipinski definition) is 6. The van der Waals surface area contributed by atoms with Crippen LogP contribution < -0.4 is 16.0 Å². The number of aromatic hydroxyl groups is 1. The third-order valence-electron chi connectivity index (χ3n) is 2.65. The SMILES string of the molecule is Cc1cc(Cl)ccc1OCC(=O)N=Nc1c(O)[nH]c(=O)[nH]c1=O. The zero-order valence-electron chi connectivity index (χ0n) is 11.8. The summed E-state index contributed by atoms with van der Waals surface area (Å²) in [5.74, 6) is -1.13. The van der Waals surface area contributed by atoms with E-state index in [4.69, 9.17) is 16.3 Å². The molecule has 1 aromatic carbocycles. The molecule has 0 unspecified atom stereocenters. The van der Waals surface area contributed by atoms with Crippen molar-refractivity contribution in [3.8, 4) is 11.6 Å². The van der Waals surface area contributed by atoms with Crippen LogP contribution in [0.4, 0.5) is 5.69 Å². The predicted molar refractivity (Wildman–Crippen MR) is 80.6 cm³/mol. The number of halogens is 1. The van der Waals surface area contributed by atoms with Gasteiger partial charge in [-0.25, -0.2) is 4.79 Å². The molecule has 9 nitrogen and oxygen atoms in total. The standard InChI is InChI=1S/C13H11ClN4O5/c1-6-4-7(14)2-3-8(6)23-5-9(19)17-18-10-11(20)15-13(22)16-12(10)21/h2-4H,5H2,1H3,(H3,15,16,20,21,22). The lowest BCUT2D eigenvalue weighted by molar-refractivity contribution is -0.120. The van der Waals surface area contributed by atoms with E-state index in [2.05, 4.69) is 10.2 Å². The number of carbonyl (C=O) groups excluding carboxylic acids is 1. The van der Waals surface area contributed by atoms with E-state index in [1.54, 1.807) is 25.1 Å². The van der Waals surface area contributed by atoms with Crippen molar-refractivity contribution in [3.63, 3.8) is 0 Å². The molecule has 2 aromatic rings. The van der Waals surface area contributed by atoms with Crippen molar-refractivity contribution in [1.29, 1.82) is 0 Å². The molecule has 1 amide bonds. The number of amides is 1. The summed E-state index contributed by atoms with van der Waals surface area (Å²) in [7, 11) is 0. The van der Waals surface area contributed by atoms with E-state index in [1.807, 2.05) is 9.97 Å². The lowest BCUT2D eigenvalue weighted by Crippen LogP contribution is -2.21. The number of azo groups is 1. The number of carbonyl (C=O) groups is 1. The number of H-pyrrole nitrogens is 2. The Morgan fingerprint density at radius 3 is 2.74 bits per heavy atom. The van der Waals surface area contributed by atoms with Crippen molar-refractivity contribution in [2.45, 2.75) is 6.92 Å². The minimum absolute atomic E-state index is 0.423. The second-order valence-corrected chi connectivity index (χ2v) is 4.83. The Bertz CT molecular complexity index is 887. The van der Waals surface area contributed by atoms with Gasteiger partial charge in [0.15, 0.2) is 6.61 Å². The fourth-order valence-electron chi connectivity index (χ4n) is 1.61. The molecule has 23 heavy (non-hydrogen) atoms. The summed E-state index contributed by atoms with van der Waals surface area (Å²) in [5, 5.41) is 16.5. The van der Waals surface area contributed by atoms with Crippen molar-refractivity contribution in [3.05, 3.63) is 49.6 Å². The number of nitrogens with zero attached hydrogens (tertiary/aromatic N) is 2. The molecule has 0 spiro atoms. The lowest BCUT2D eigenvalue weighted by Gasteiger charge is -2.06. The zero-order chi connectivity index (χ0) is 17.0. The molecule has 2 rings (SSSR count). The summed E-state index contributed by atoms with van der Waals surface area (Å²) in [4.78, 5) is 37.6. The Labute approximate surface area is 133 Å². The van der Waals surface area contributed by atoms with Gasteiger partial charge in [-0.15, -0.1) is 10.2 Å². The van der Waals surface area contributed by atoms with Gasteiger partial charge in [0.25, 0.3) is 5.56 Å². The summed E-state index contributed by atoms with van der Waals surface area (Å²) >= 11 is 5.80. The van der Waals surface area contributed by atoms with Crippen LogP contribution in [0.5, 0.6) is 11.6 Å². The van der Waals surface area contributed by atoms with Crippen molar-refractivity contribution < 1.29 is 14.6 Å². The van der Waals surface area contributed by atoms with Crippen LogP contribution in [-0.2, 0) is 4.79 Å². The van der Waals surface area contributed by atoms with E-state index >= 15 is 0 Å². The van der Waals surface area contributed by atoms with Crippen LogP contribution in [0.25, 0.3) is 0 Å². The largest absolute Gasteiger partial charge is 0.493 e. The molecule has 1 heterocycles. The monoisotopic (exact) mass is 338 g/mol. The first-order valence-electron chi connectivity index (χ1n) is 6.26. The summed E-state index contributed by atoms with van der Waals surface area (Å²) in [5.41, 5.74) is -1.73. The average molecular weight is 339 g/mol. The van der Waals surface area contributed by atoms with E-state index in [1.165, 1.54) is 0 Å². The number of benzene rings is 1. The third-order valence-corrected chi connectivity index (χ3v) is 2.88. The lowest BCUT2D eigenvalue weighted by atomic mass is 10.2. The highest BCUT2D eigenvalue weighted by atomic mass is 35.5. The second kappa shape index (κ2) is 6.88. The van der Waals surface area contributed by atoms with Gasteiger partial charge in [-0.1, -0.05) is 11.6 Å². The molecule has 0 saturated carbocycles. The van der Waals surface area contributed by atoms with E-state index in [0.717, 1.165) is 5.56 Å². The molecule has 0 aliphatic rings. The number of nitrogens with one attached hydrogen (secondary N) is 2. The van der Waals surface area contributed by atoms with Gasteiger partial charge in [-0.2, -0.15) is 0 Å². The number of aryl methyl sites for hydroxylation is 1. The fourth-order valence-corrected chi connectivity index (χ4v) is 1.84. The number of aromatic nitrogens is 2. The first-order chi connectivity index (χ1) is 10.9. The molecular formula is C13H11ClN4O5. The maximum atomic E-state index is 11.6. The van der Waals surface area contributed by atoms with Crippen molar-refractivity contribution >= 4 is 23.2 Å². The molecule has 0 saturated heterocycles. The summed E-state index contributed by atoms with van der Waals surface area (Å²) in [6.45, 7) is 1.33. The first kappa shape index (κ1) is 16.4. The summed E-state index contributed by atoms with van der Waals surface area (Å²) in [6.07, 6.45) is 0. The van der Waals surface area contributed by atoms with Gasteiger partial charge in [-0.3, -0.25) is 19.6 Å². The average Bonchev–Trinajstić information content (AvgIpc) is 2.45. The van der Waals surface area contributed by atoms with E-state index in [-0.39, 0.29) is 0 Å². The molecule has 0 aliphatic heterocycles. The van der Waals surface area contributed by atoms with Crippen LogP contribution in [0.1, 0.15) is 5.56 Å². The summed E-state index contributed by atoms with van der Waals surface area (Å²) in [6, 6.07) is 4.87. The maximum absolute atomic E-state index is 11.6. The van der Waals surface area contributed by atoms with Crippen LogP contribution in [-0.4, -0.2) is 27.6 Å². The number of ether oxygens (including phenoxy) is 1. The normalized spacial score (nSPS) is 10.9. The van der Waals surface area contributed by atoms with Gasteiger partial charge < -0.3 is 9.84 Å². The fraction of sp³-hybridized carbons (Fsp3) is 0.154. The van der Waals surface area contributed by atoms with Gasteiger partial charge in [0.1, 0.15) is 5.75 Å². The Morgan fingerprint density at radius 1 is 1.35 bits per heavy atom. The summed E-state index contributed by atoms with van der Waals surface area (Å²) < 4.78 is 5.25. The highest BCUT2D eigenvalue weighted by Gasteiger charge is 2.09. The van der Waals surface area contributed by atoms with Crippen molar-refractivity contribution in [2.24, 2.45) is 10.2 Å².